The predicted octanol–water partition coefficient (Wildman–Crippen LogP) is 11.0. The first-order valence-electron chi connectivity index (χ1n) is 16.9. The normalized spacial score (nSPS) is 13.8. The van der Waals surface area contributed by atoms with E-state index < -0.39 is 0 Å². The molecule has 249 valence electrons. The molecule has 0 fully saturated rings. The van der Waals surface area contributed by atoms with E-state index in [-0.39, 0.29) is 54.3 Å². The van der Waals surface area contributed by atoms with Gasteiger partial charge in [0.2, 0.25) is 0 Å². The molecule has 2 aromatic carbocycles. The molecule has 0 bridgehead atoms. The van der Waals surface area contributed by atoms with Crippen molar-refractivity contribution >= 4 is 27.5 Å². The van der Waals surface area contributed by atoms with E-state index in [4.69, 9.17) is 9.97 Å². The van der Waals surface area contributed by atoms with Gasteiger partial charge in [-0.1, -0.05) is 85.4 Å². The van der Waals surface area contributed by atoms with E-state index >= 15 is 0 Å². The molecule has 0 saturated heterocycles. The van der Waals surface area contributed by atoms with Crippen LogP contribution in [-0.4, -0.2) is 20.9 Å². The van der Waals surface area contributed by atoms with Gasteiger partial charge in [-0.15, -0.1) is 23.3 Å². The van der Waals surface area contributed by atoms with Gasteiger partial charge in [0.25, 0.3) is 0 Å². The summed E-state index contributed by atoms with van der Waals surface area (Å²) >= 11 is 0. The van der Waals surface area contributed by atoms with E-state index in [1.165, 1.54) is 44.5 Å². The number of aliphatic hydroxyl groups excluding tert-OH is 1. The summed E-state index contributed by atoms with van der Waals surface area (Å²) in [6.07, 6.45) is 7.91. The van der Waals surface area contributed by atoms with Gasteiger partial charge in [-0.2, -0.15) is 0 Å². The quantitative estimate of drug-likeness (QED) is 0.110. The van der Waals surface area contributed by atoms with Crippen molar-refractivity contribution in [3.63, 3.8) is 0 Å². The molecular weight excluding hydrogens is 745 g/mol. The van der Waals surface area contributed by atoms with Crippen LogP contribution >= 0.6 is 0 Å². The molecule has 1 N–H and O–H groups in total. The molecule has 2 aromatic heterocycles. The van der Waals surface area contributed by atoms with Crippen molar-refractivity contribution in [2.24, 2.45) is 17.3 Å². The van der Waals surface area contributed by atoms with Crippen molar-refractivity contribution in [2.75, 3.05) is 0 Å². The second-order valence-electron chi connectivity index (χ2n) is 14.7. The SMILES string of the molecule is CCC(CC)C(=O)/C=C(\O)C(CC)CC.Cc1cc(C)c2cc3c([c-]c2n1)-c1nccc2cc(CC(C)(C)C)cc(c12)C3(C)C.[Ir]. The smallest absolute Gasteiger partial charge is 0.162 e. The zero-order valence-electron chi connectivity index (χ0n) is 29.8. The van der Waals surface area contributed by atoms with Gasteiger partial charge in [-0.05, 0) is 102 Å². The number of aliphatic hydroxyl groups is 1. The maximum Gasteiger partial charge on any atom is 0.162 e. The molecule has 0 spiro atoms. The number of aromatic nitrogens is 2. The van der Waals surface area contributed by atoms with Crippen LogP contribution < -0.4 is 0 Å². The van der Waals surface area contributed by atoms with Gasteiger partial charge in [0.1, 0.15) is 0 Å². The molecule has 1 aliphatic rings. The average Bonchev–Trinajstić information content (AvgIpc) is 2.96. The van der Waals surface area contributed by atoms with Crippen LogP contribution in [0.5, 0.6) is 0 Å². The van der Waals surface area contributed by atoms with Crippen LogP contribution in [-0.2, 0) is 36.7 Å². The molecule has 5 rings (SSSR count). The van der Waals surface area contributed by atoms with Crippen molar-refractivity contribution in [1.82, 2.24) is 9.97 Å². The zero-order chi connectivity index (χ0) is 33.3. The van der Waals surface area contributed by atoms with Gasteiger partial charge in [-0.3, -0.25) is 9.78 Å². The first kappa shape index (κ1) is 37.6. The molecule has 5 heteroatoms. The van der Waals surface area contributed by atoms with Crippen LogP contribution in [0.15, 0.2) is 48.4 Å². The number of aryl methyl sites for hydroxylation is 2. The van der Waals surface area contributed by atoms with Crippen LogP contribution in [0.4, 0.5) is 0 Å². The van der Waals surface area contributed by atoms with Gasteiger partial charge in [-0.25, -0.2) is 0 Å². The van der Waals surface area contributed by atoms with E-state index in [1.807, 2.05) is 33.9 Å². The summed E-state index contributed by atoms with van der Waals surface area (Å²) in [5, 5.41) is 13.5. The van der Waals surface area contributed by atoms with Gasteiger partial charge in [0.15, 0.2) is 5.78 Å². The maximum absolute atomic E-state index is 11.7. The summed E-state index contributed by atoms with van der Waals surface area (Å²) in [5.41, 5.74) is 9.57. The molecular formula is C41H53IrN2O2-. The Morgan fingerprint density at radius 1 is 0.957 bits per heavy atom. The summed E-state index contributed by atoms with van der Waals surface area (Å²) in [4.78, 5) is 21.3. The predicted molar refractivity (Wildman–Crippen MR) is 190 cm³/mol. The molecule has 0 aliphatic heterocycles. The Kier molecular flexibility index (Phi) is 12.2. The van der Waals surface area contributed by atoms with Gasteiger partial charge >= 0.3 is 0 Å². The third-order valence-electron chi connectivity index (χ3n) is 9.52. The van der Waals surface area contributed by atoms with Crippen molar-refractivity contribution in [3.05, 3.63) is 82.4 Å². The minimum Gasteiger partial charge on any atom is -0.512 e. The molecule has 0 saturated carbocycles. The number of nitrogens with zero attached hydrogens (tertiary/aromatic N) is 2. The number of carbonyl (C=O) groups excluding carboxylic acids is 1. The van der Waals surface area contributed by atoms with Crippen molar-refractivity contribution < 1.29 is 30.0 Å². The number of hydrogen-bond acceptors (Lipinski definition) is 4. The fourth-order valence-corrected chi connectivity index (χ4v) is 6.91. The van der Waals surface area contributed by atoms with Crippen molar-refractivity contribution in [1.29, 1.82) is 0 Å². The van der Waals surface area contributed by atoms with Crippen molar-refractivity contribution in [3.8, 4) is 11.3 Å². The monoisotopic (exact) mass is 798 g/mol. The zero-order valence-corrected chi connectivity index (χ0v) is 32.2. The van der Waals surface area contributed by atoms with E-state index in [0.29, 0.717) is 0 Å². The summed E-state index contributed by atoms with van der Waals surface area (Å²) in [6, 6.07) is 15.1. The molecule has 4 aromatic rings. The maximum atomic E-state index is 11.7. The topological polar surface area (TPSA) is 63.1 Å². The molecule has 46 heavy (non-hydrogen) atoms. The Morgan fingerprint density at radius 3 is 2.17 bits per heavy atom. The summed E-state index contributed by atoms with van der Waals surface area (Å²) < 4.78 is 0. The Hall–Kier alpha value is -2.88. The number of benzene rings is 2. The van der Waals surface area contributed by atoms with Crippen LogP contribution in [0, 0.1) is 37.2 Å². The van der Waals surface area contributed by atoms with E-state index in [0.717, 1.165) is 54.6 Å². The molecule has 2 heterocycles. The number of rotatable bonds is 8. The number of hydrogen-bond donors (Lipinski definition) is 1. The Balaban J connectivity index is 0.000000309. The van der Waals surface area contributed by atoms with Crippen LogP contribution in [0.3, 0.4) is 0 Å². The van der Waals surface area contributed by atoms with Crippen LogP contribution in [0.25, 0.3) is 32.9 Å². The number of allylic oxidation sites excluding steroid dienone is 2. The fraction of sp³-hybridized carbons (Fsp3) is 0.488. The fourth-order valence-electron chi connectivity index (χ4n) is 6.91. The third kappa shape index (κ3) is 7.80. The van der Waals surface area contributed by atoms with Crippen LogP contribution in [0.2, 0.25) is 0 Å². The van der Waals surface area contributed by atoms with Gasteiger partial charge < -0.3 is 10.1 Å². The van der Waals surface area contributed by atoms with E-state index in [1.54, 1.807) is 0 Å². The molecule has 0 amide bonds. The average molecular weight is 798 g/mol. The van der Waals surface area contributed by atoms with Gasteiger partial charge in [0, 0.05) is 49.9 Å². The first-order chi connectivity index (χ1) is 21.1. The number of pyridine rings is 2. The molecule has 1 aliphatic carbocycles. The Morgan fingerprint density at radius 2 is 1.59 bits per heavy atom. The Labute approximate surface area is 290 Å². The third-order valence-corrected chi connectivity index (χ3v) is 9.52. The molecule has 1 radical (unpaired) electrons. The summed E-state index contributed by atoms with van der Waals surface area (Å²) in [7, 11) is 0. The second kappa shape index (κ2) is 14.9. The number of ketones is 1. The number of fused-ring (bicyclic) bond motifs is 3. The standard InChI is InChI=1S/C28H29N2.C13H24O2.Ir/c1-16-10-17(2)30-24-14-21-22(13-20(16)24)28(6,7)23-12-18(15-27(3,4)5)11-19-8-9-29-26(21)25(19)23;1-5-10(6-2)12(14)9-13(15)11(7-3)8-4;/h8-13H,15H2,1-7H3;9-11,14H,5-8H2,1-4H3;/q-1;;/b;12-9-;. The summed E-state index contributed by atoms with van der Waals surface area (Å²) in [6.45, 7) is 23.9. The van der Waals surface area contributed by atoms with E-state index in [9.17, 15) is 9.90 Å². The van der Waals surface area contributed by atoms with Crippen LogP contribution in [0.1, 0.15) is 116 Å². The van der Waals surface area contributed by atoms with Gasteiger partial charge in [0.05, 0.1) is 5.76 Å². The molecule has 0 atom stereocenters. The first-order valence-corrected chi connectivity index (χ1v) is 16.9. The Bertz CT molecular complexity index is 1740. The molecule has 4 nitrogen and oxygen atoms in total. The van der Waals surface area contributed by atoms with Crippen molar-refractivity contribution in [2.45, 2.75) is 114 Å². The summed E-state index contributed by atoms with van der Waals surface area (Å²) in [5.74, 6) is 0.547. The molecule has 0 unspecified atom stereocenters. The minimum absolute atomic E-state index is 0. The van der Waals surface area contributed by atoms with E-state index in [2.05, 4.69) is 84.9 Å². The second-order valence-corrected chi connectivity index (χ2v) is 14.7. The minimum atomic E-state index is -0.125. The number of carbonyl (C=O) groups is 1. The largest absolute Gasteiger partial charge is 0.512 e.